The van der Waals surface area contributed by atoms with E-state index in [1.807, 2.05) is 0 Å². The Morgan fingerprint density at radius 1 is 1.48 bits per heavy atom. The maximum Gasteiger partial charge on any atom is 0.260 e. The summed E-state index contributed by atoms with van der Waals surface area (Å²) in [5.41, 5.74) is 0. The maximum atomic E-state index is 12.4. The lowest BCUT2D eigenvalue weighted by molar-refractivity contribution is 0.409. The summed E-state index contributed by atoms with van der Waals surface area (Å²) in [5.74, 6) is 0.759. The summed E-state index contributed by atoms with van der Waals surface area (Å²) in [6.45, 7) is 0.169. The van der Waals surface area contributed by atoms with Crippen LogP contribution in [0.2, 0.25) is 0 Å². The molecule has 2 N–H and O–H groups in total. The number of hydrogen-bond donors (Lipinski definition) is 2. The first-order chi connectivity index (χ1) is 10.1. The van der Waals surface area contributed by atoms with Crippen molar-refractivity contribution in [3.8, 4) is 0 Å². The smallest absolute Gasteiger partial charge is 0.260 e. The second-order valence-corrected chi connectivity index (χ2v) is 6.62. The van der Waals surface area contributed by atoms with Gasteiger partial charge in [0, 0.05) is 31.6 Å². The van der Waals surface area contributed by atoms with Gasteiger partial charge in [-0.05, 0) is 0 Å². The molecular formula is C10H12N6O3S2. The molecule has 3 heterocycles. The van der Waals surface area contributed by atoms with E-state index in [-0.39, 0.29) is 11.6 Å². The van der Waals surface area contributed by atoms with Crippen LogP contribution in [0.15, 0.2) is 27.5 Å². The Labute approximate surface area is 124 Å². The molecule has 0 fully saturated rings. The lowest BCUT2D eigenvalue weighted by Gasteiger charge is -2.06. The van der Waals surface area contributed by atoms with Gasteiger partial charge >= 0.3 is 0 Å². The third-order valence-corrected chi connectivity index (χ3v) is 5.00. The quantitative estimate of drug-likeness (QED) is 0.670. The average Bonchev–Trinajstić information content (AvgIpc) is 3.13. The average molecular weight is 328 g/mol. The van der Waals surface area contributed by atoms with Gasteiger partial charge in [0.2, 0.25) is 6.39 Å². The van der Waals surface area contributed by atoms with Gasteiger partial charge in [-0.2, -0.15) is 4.98 Å². The van der Waals surface area contributed by atoms with Crippen molar-refractivity contribution in [3.05, 3.63) is 23.8 Å². The lowest BCUT2D eigenvalue weighted by atomic mass is 10.4. The highest BCUT2D eigenvalue weighted by atomic mass is 32.2. The maximum absolute atomic E-state index is 12.4. The van der Waals surface area contributed by atoms with E-state index in [0.717, 1.165) is 0 Å². The predicted molar refractivity (Wildman–Crippen MR) is 75.8 cm³/mol. The zero-order valence-electron chi connectivity index (χ0n) is 11.0. The second kappa shape index (κ2) is 5.42. The van der Waals surface area contributed by atoms with Crippen LogP contribution in [0.1, 0.15) is 5.82 Å². The molecule has 0 aromatic carbocycles. The molecule has 0 amide bonds. The third-order valence-electron chi connectivity index (χ3n) is 2.76. The number of hydrogen-bond acceptors (Lipinski definition) is 8. The second-order valence-electron chi connectivity index (χ2n) is 4.07. The third kappa shape index (κ3) is 2.62. The number of nitrogens with one attached hydrogen (secondary N) is 2. The molecule has 0 aliphatic carbocycles. The zero-order chi connectivity index (χ0) is 14.9. The van der Waals surface area contributed by atoms with Crippen LogP contribution in [-0.2, 0) is 16.4 Å². The van der Waals surface area contributed by atoms with Crippen molar-refractivity contribution in [2.75, 3.05) is 18.9 Å². The summed E-state index contributed by atoms with van der Waals surface area (Å²) < 4.78 is 33.5. The summed E-state index contributed by atoms with van der Waals surface area (Å²) in [6, 6.07) is 0. The molecule has 0 bridgehead atoms. The Bertz CT molecular complexity index is 836. The monoisotopic (exact) mass is 328 g/mol. The molecule has 0 spiro atoms. The van der Waals surface area contributed by atoms with Crippen molar-refractivity contribution in [2.45, 2.75) is 11.4 Å². The molecular weight excluding hydrogens is 316 g/mol. The first kappa shape index (κ1) is 14.0. The first-order valence-electron chi connectivity index (χ1n) is 6.00. The largest absolute Gasteiger partial charge is 0.371 e. The number of aromatic nitrogens is 4. The highest BCUT2D eigenvalue weighted by Gasteiger charge is 2.25. The first-order valence-corrected chi connectivity index (χ1v) is 8.36. The van der Waals surface area contributed by atoms with Gasteiger partial charge < -0.3 is 9.84 Å². The predicted octanol–water partition coefficient (Wildman–Crippen LogP) is 0.341. The SMILES string of the molecule is CNc1nc2sccn2c1S(=O)(=O)NCCc1ncon1. The highest BCUT2D eigenvalue weighted by Crippen LogP contribution is 2.24. The number of rotatable bonds is 6. The molecule has 0 aliphatic heterocycles. The number of fused-ring (bicyclic) bond motifs is 1. The van der Waals surface area contributed by atoms with Gasteiger partial charge in [0.1, 0.15) is 0 Å². The molecule has 0 saturated heterocycles. The molecule has 9 nitrogen and oxygen atoms in total. The minimum Gasteiger partial charge on any atom is -0.371 e. The van der Waals surface area contributed by atoms with Crippen molar-refractivity contribution in [3.63, 3.8) is 0 Å². The fraction of sp³-hybridized carbons (Fsp3) is 0.300. The van der Waals surface area contributed by atoms with E-state index in [9.17, 15) is 8.42 Å². The molecule has 3 aromatic rings. The Morgan fingerprint density at radius 3 is 3.05 bits per heavy atom. The van der Waals surface area contributed by atoms with Gasteiger partial charge in [-0.15, -0.1) is 11.3 Å². The summed E-state index contributed by atoms with van der Waals surface area (Å²) in [6.07, 6.45) is 3.21. The summed E-state index contributed by atoms with van der Waals surface area (Å²) >= 11 is 1.36. The standard InChI is InChI=1S/C10H12N6O3S2/c1-11-8-9(16-4-5-20-10(16)14-8)21(17,18)13-3-2-7-12-6-19-15-7/h4-6,11,13H,2-3H2,1H3. The Hall–Kier alpha value is -1.98. The molecule has 0 radical (unpaired) electrons. The molecule has 3 rings (SSSR count). The molecule has 0 unspecified atom stereocenters. The Kier molecular flexibility index (Phi) is 3.61. The topological polar surface area (TPSA) is 114 Å². The van der Waals surface area contributed by atoms with E-state index in [0.29, 0.717) is 23.0 Å². The van der Waals surface area contributed by atoms with Crippen LogP contribution < -0.4 is 10.0 Å². The molecule has 0 saturated carbocycles. The van der Waals surface area contributed by atoms with Crippen LogP contribution in [0.5, 0.6) is 0 Å². The van der Waals surface area contributed by atoms with Crippen LogP contribution in [0.25, 0.3) is 4.96 Å². The van der Waals surface area contributed by atoms with E-state index < -0.39 is 10.0 Å². The minimum atomic E-state index is -3.70. The molecule has 0 atom stereocenters. The number of sulfonamides is 1. The lowest BCUT2D eigenvalue weighted by Crippen LogP contribution is -2.27. The van der Waals surface area contributed by atoms with Crippen LogP contribution in [0.3, 0.4) is 0 Å². The summed E-state index contributed by atoms with van der Waals surface area (Å²) in [7, 11) is -2.07. The highest BCUT2D eigenvalue weighted by molar-refractivity contribution is 7.89. The Morgan fingerprint density at radius 2 is 2.33 bits per heavy atom. The fourth-order valence-corrected chi connectivity index (χ4v) is 3.94. The van der Waals surface area contributed by atoms with Gasteiger partial charge in [-0.1, -0.05) is 5.16 Å². The number of imidazole rings is 1. The van der Waals surface area contributed by atoms with Crippen LogP contribution in [0.4, 0.5) is 5.82 Å². The van der Waals surface area contributed by atoms with Gasteiger partial charge in [0.05, 0.1) is 0 Å². The molecule has 21 heavy (non-hydrogen) atoms. The van der Waals surface area contributed by atoms with E-state index in [2.05, 4.69) is 29.7 Å². The molecule has 11 heteroatoms. The van der Waals surface area contributed by atoms with Gasteiger partial charge in [0.25, 0.3) is 10.0 Å². The number of anilines is 1. The van der Waals surface area contributed by atoms with E-state index in [4.69, 9.17) is 0 Å². The van der Waals surface area contributed by atoms with Crippen molar-refractivity contribution in [1.29, 1.82) is 0 Å². The molecule has 0 aliphatic rings. The van der Waals surface area contributed by atoms with E-state index in [1.165, 1.54) is 22.1 Å². The number of thiazole rings is 1. The van der Waals surface area contributed by atoms with Crippen molar-refractivity contribution < 1.29 is 12.9 Å². The zero-order valence-corrected chi connectivity index (χ0v) is 12.6. The summed E-state index contributed by atoms with van der Waals surface area (Å²) in [5, 5.41) is 8.29. The van der Waals surface area contributed by atoms with Crippen molar-refractivity contribution in [1.82, 2.24) is 24.2 Å². The fourth-order valence-electron chi connectivity index (χ4n) is 1.85. The van der Waals surface area contributed by atoms with E-state index in [1.54, 1.807) is 18.6 Å². The van der Waals surface area contributed by atoms with Crippen LogP contribution in [0, 0.1) is 0 Å². The summed E-state index contributed by atoms with van der Waals surface area (Å²) in [4.78, 5) is 8.67. The van der Waals surface area contributed by atoms with Gasteiger partial charge in [-0.3, -0.25) is 4.40 Å². The minimum absolute atomic E-state index is 0.0920. The van der Waals surface area contributed by atoms with Gasteiger partial charge in [0.15, 0.2) is 21.6 Å². The molecule has 3 aromatic heterocycles. The Balaban J connectivity index is 1.84. The van der Waals surface area contributed by atoms with Gasteiger partial charge in [-0.25, -0.2) is 18.1 Å². The van der Waals surface area contributed by atoms with Crippen LogP contribution in [-0.4, -0.2) is 41.5 Å². The van der Waals surface area contributed by atoms with Crippen molar-refractivity contribution >= 4 is 32.1 Å². The number of nitrogens with zero attached hydrogens (tertiary/aromatic N) is 4. The van der Waals surface area contributed by atoms with Crippen molar-refractivity contribution in [2.24, 2.45) is 0 Å². The van der Waals surface area contributed by atoms with Crippen LogP contribution >= 0.6 is 11.3 Å². The van der Waals surface area contributed by atoms with E-state index >= 15 is 0 Å². The molecule has 112 valence electrons. The normalized spacial score (nSPS) is 12.0.